The molecule has 0 rings (SSSR count). The number of amides is 1. The van der Waals surface area contributed by atoms with Crippen LogP contribution < -0.4 is 16.8 Å². The summed E-state index contributed by atoms with van der Waals surface area (Å²) >= 11 is 0. The number of nitrogens with two attached hydrogens (primary N) is 2. The van der Waals surface area contributed by atoms with Crippen molar-refractivity contribution in [3.63, 3.8) is 0 Å². The van der Waals surface area contributed by atoms with Gasteiger partial charge in [-0.15, -0.1) is 0 Å². The number of guanidine groups is 1. The summed E-state index contributed by atoms with van der Waals surface area (Å²) in [6.07, 6.45) is 0.661. The van der Waals surface area contributed by atoms with E-state index in [9.17, 15) is 9.59 Å². The number of carboxylic acids is 1. The molecule has 10 nitrogen and oxygen atoms in total. The summed E-state index contributed by atoms with van der Waals surface area (Å²) in [4.78, 5) is 27.9. The molecule has 0 saturated heterocycles. The molecule has 0 aliphatic carbocycles. The first-order chi connectivity index (χ1) is 8.47. The number of hydrogen-bond donors (Lipinski definition) is 4. The van der Waals surface area contributed by atoms with Crippen LogP contribution in [0.2, 0.25) is 0 Å². The molecule has 100 valence electrons. The lowest BCUT2D eigenvalue weighted by atomic mass is 10.1. The van der Waals surface area contributed by atoms with Crippen LogP contribution in [-0.2, 0) is 9.59 Å². The van der Waals surface area contributed by atoms with Gasteiger partial charge < -0.3 is 21.9 Å². The highest BCUT2D eigenvalue weighted by atomic mass is 16.4. The number of carboxylic acid groups (broad SMARTS) is 1. The molecule has 0 unspecified atom stereocenters. The maximum Gasteiger partial charge on any atom is 0.322 e. The molecule has 0 fully saturated rings. The average molecular weight is 257 g/mol. The molecule has 6 N–H and O–H groups in total. The zero-order valence-electron chi connectivity index (χ0n) is 9.61. The maximum absolute atomic E-state index is 11.4. The third-order valence-corrected chi connectivity index (χ3v) is 1.84. The fraction of sp³-hybridized carbons (Fsp3) is 0.625. The molecule has 0 aliphatic rings. The quantitative estimate of drug-likeness (QED) is 0.107. The zero-order chi connectivity index (χ0) is 14.0. The Hall–Kier alpha value is -2.48. The normalized spacial score (nSPS) is 10.9. The van der Waals surface area contributed by atoms with Crippen LogP contribution in [0.4, 0.5) is 0 Å². The first-order valence-electron chi connectivity index (χ1n) is 5.06. The van der Waals surface area contributed by atoms with E-state index in [1.807, 2.05) is 0 Å². The van der Waals surface area contributed by atoms with Crippen LogP contribution in [0.3, 0.4) is 0 Å². The SMILES string of the molecule is [N-]=[N+]=N[C@H](CCCN=C(N)N)C(=O)NCC(=O)O. The minimum atomic E-state index is -1.18. The van der Waals surface area contributed by atoms with Crippen molar-refractivity contribution in [2.45, 2.75) is 18.9 Å². The van der Waals surface area contributed by atoms with Gasteiger partial charge in [-0.25, -0.2) is 0 Å². The maximum atomic E-state index is 11.4. The van der Waals surface area contributed by atoms with Crippen molar-refractivity contribution in [1.29, 1.82) is 0 Å². The van der Waals surface area contributed by atoms with Gasteiger partial charge in [0.2, 0.25) is 5.91 Å². The van der Waals surface area contributed by atoms with Crippen molar-refractivity contribution in [2.75, 3.05) is 13.1 Å². The summed E-state index contributed by atoms with van der Waals surface area (Å²) in [5.74, 6) is -1.88. The number of nitrogens with one attached hydrogen (secondary N) is 1. The second-order valence-corrected chi connectivity index (χ2v) is 3.28. The van der Waals surface area contributed by atoms with Gasteiger partial charge in [-0.1, -0.05) is 5.11 Å². The summed E-state index contributed by atoms with van der Waals surface area (Å²) in [5.41, 5.74) is 18.5. The third-order valence-electron chi connectivity index (χ3n) is 1.84. The van der Waals surface area contributed by atoms with E-state index in [1.165, 1.54) is 0 Å². The standard InChI is InChI=1S/C8H15N7O3/c9-8(10)12-3-1-2-5(14-15-11)7(18)13-4-6(16)17/h5H,1-4H2,(H,13,18)(H,16,17)(H4,9,10,12)/t5-/m1/s1. The number of carbonyl (C=O) groups is 2. The summed E-state index contributed by atoms with van der Waals surface area (Å²) in [5, 5.41) is 13.8. The molecule has 1 atom stereocenters. The minimum absolute atomic E-state index is 0.0642. The first-order valence-corrected chi connectivity index (χ1v) is 5.06. The lowest BCUT2D eigenvalue weighted by Gasteiger charge is -2.09. The Labute approximate surface area is 103 Å². The highest BCUT2D eigenvalue weighted by Crippen LogP contribution is 2.03. The number of nitrogens with zero attached hydrogens (tertiary/aromatic N) is 4. The Morgan fingerprint density at radius 2 is 2.11 bits per heavy atom. The number of aliphatic carboxylic acids is 1. The van der Waals surface area contributed by atoms with Crippen molar-refractivity contribution in [3.05, 3.63) is 10.4 Å². The smallest absolute Gasteiger partial charge is 0.322 e. The Balaban J connectivity index is 4.21. The van der Waals surface area contributed by atoms with E-state index in [1.54, 1.807) is 0 Å². The van der Waals surface area contributed by atoms with E-state index in [2.05, 4.69) is 20.3 Å². The fourth-order valence-corrected chi connectivity index (χ4v) is 1.08. The van der Waals surface area contributed by atoms with E-state index >= 15 is 0 Å². The summed E-state index contributed by atoms with van der Waals surface area (Å²) < 4.78 is 0. The van der Waals surface area contributed by atoms with Gasteiger partial charge in [-0.05, 0) is 18.4 Å². The predicted octanol–water partition coefficient (Wildman–Crippen LogP) is -1.08. The van der Waals surface area contributed by atoms with E-state index in [0.29, 0.717) is 13.0 Å². The molecule has 10 heteroatoms. The second-order valence-electron chi connectivity index (χ2n) is 3.28. The fourth-order valence-electron chi connectivity index (χ4n) is 1.08. The Morgan fingerprint density at radius 1 is 1.44 bits per heavy atom. The van der Waals surface area contributed by atoms with Gasteiger partial charge in [0.25, 0.3) is 0 Å². The summed E-state index contributed by atoms with van der Waals surface area (Å²) in [6, 6.07) is -0.969. The molecule has 1 amide bonds. The predicted molar refractivity (Wildman–Crippen MR) is 63.5 cm³/mol. The van der Waals surface area contributed by atoms with Gasteiger partial charge in [0, 0.05) is 11.5 Å². The van der Waals surface area contributed by atoms with Crippen molar-refractivity contribution >= 4 is 17.8 Å². The van der Waals surface area contributed by atoms with E-state index < -0.39 is 24.5 Å². The van der Waals surface area contributed by atoms with Crippen LogP contribution in [0.25, 0.3) is 10.4 Å². The van der Waals surface area contributed by atoms with Gasteiger partial charge in [-0.3, -0.25) is 14.6 Å². The van der Waals surface area contributed by atoms with E-state index in [4.69, 9.17) is 22.1 Å². The van der Waals surface area contributed by atoms with Crippen LogP contribution >= 0.6 is 0 Å². The number of rotatable bonds is 8. The number of hydrogen-bond acceptors (Lipinski definition) is 4. The molecule has 0 saturated carbocycles. The molecule has 0 heterocycles. The second kappa shape index (κ2) is 8.65. The Morgan fingerprint density at radius 3 is 2.61 bits per heavy atom. The van der Waals surface area contributed by atoms with Gasteiger partial charge in [0.1, 0.15) is 12.6 Å². The van der Waals surface area contributed by atoms with Crippen molar-refractivity contribution in [2.24, 2.45) is 21.6 Å². The Kier molecular flexibility index (Phi) is 7.46. The van der Waals surface area contributed by atoms with E-state index in [0.717, 1.165) is 0 Å². The average Bonchev–Trinajstić information content (AvgIpc) is 2.29. The van der Waals surface area contributed by atoms with Crippen molar-refractivity contribution < 1.29 is 14.7 Å². The summed E-state index contributed by atoms with van der Waals surface area (Å²) in [6.45, 7) is -0.226. The third kappa shape index (κ3) is 7.77. The molecule has 0 aliphatic heterocycles. The largest absolute Gasteiger partial charge is 0.480 e. The number of azide groups is 1. The highest BCUT2D eigenvalue weighted by Gasteiger charge is 2.16. The lowest BCUT2D eigenvalue weighted by Crippen LogP contribution is -2.36. The molecule has 0 radical (unpaired) electrons. The van der Waals surface area contributed by atoms with Gasteiger partial charge >= 0.3 is 5.97 Å². The Bertz CT molecular complexity index is 371. The van der Waals surface area contributed by atoms with Gasteiger partial charge in [0.15, 0.2) is 5.96 Å². The van der Waals surface area contributed by atoms with Crippen molar-refractivity contribution in [1.82, 2.24) is 5.32 Å². The van der Waals surface area contributed by atoms with E-state index in [-0.39, 0.29) is 12.4 Å². The zero-order valence-corrected chi connectivity index (χ0v) is 9.61. The minimum Gasteiger partial charge on any atom is -0.480 e. The molecule has 0 bridgehead atoms. The lowest BCUT2D eigenvalue weighted by molar-refractivity contribution is -0.138. The van der Waals surface area contributed by atoms with Crippen LogP contribution in [0.1, 0.15) is 12.8 Å². The molecule has 0 aromatic heterocycles. The first kappa shape index (κ1) is 15.5. The van der Waals surface area contributed by atoms with Crippen LogP contribution in [-0.4, -0.2) is 42.1 Å². The highest BCUT2D eigenvalue weighted by molar-refractivity contribution is 5.85. The molecule has 0 aromatic carbocycles. The van der Waals surface area contributed by atoms with Gasteiger partial charge in [-0.2, -0.15) is 0 Å². The molecular weight excluding hydrogens is 242 g/mol. The van der Waals surface area contributed by atoms with Crippen molar-refractivity contribution in [3.8, 4) is 0 Å². The van der Waals surface area contributed by atoms with Gasteiger partial charge in [0.05, 0.1) is 0 Å². The number of carbonyl (C=O) groups excluding carboxylic acids is 1. The topological polar surface area (TPSA) is 180 Å². The van der Waals surface area contributed by atoms with Crippen LogP contribution in [0, 0.1) is 0 Å². The molecule has 18 heavy (non-hydrogen) atoms. The number of aliphatic imine (C=N–C) groups is 1. The molecule has 0 aromatic rings. The monoisotopic (exact) mass is 257 g/mol. The summed E-state index contributed by atoms with van der Waals surface area (Å²) in [7, 11) is 0. The molecule has 0 spiro atoms. The van der Waals surface area contributed by atoms with Crippen LogP contribution in [0.5, 0.6) is 0 Å². The van der Waals surface area contributed by atoms with Crippen LogP contribution in [0.15, 0.2) is 10.1 Å². The molecular formula is C8H15N7O3.